The average molecular weight is 380 g/mol. The zero-order valence-electron chi connectivity index (χ0n) is 18.6. The van der Waals surface area contributed by atoms with Gasteiger partial charge in [0, 0.05) is 0 Å². The third-order valence-corrected chi connectivity index (χ3v) is 6.41. The Labute approximate surface area is 166 Å². The molecule has 0 N–H and O–H groups in total. The van der Waals surface area contributed by atoms with E-state index in [1.54, 1.807) is 0 Å². The van der Waals surface area contributed by atoms with Crippen molar-refractivity contribution in [2.75, 3.05) is 0 Å². The van der Waals surface area contributed by atoms with E-state index >= 15 is 0 Å². The van der Waals surface area contributed by atoms with Crippen LogP contribution in [0.4, 0.5) is 13.2 Å². The lowest BCUT2D eigenvalue weighted by Crippen LogP contribution is -2.34. The van der Waals surface area contributed by atoms with E-state index in [4.69, 9.17) is 0 Å². The molecular weight excluding hydrogens is 343 g/mol. The van der Waals surface area contributed by atoms with Gasteiger partial charge in [-0.2, -0.15) is 13.2 Å². The minimum absolute atomic E-state index is 0.0955. The fraction of sp³-hybridized carbons (Fsp3) is 0.727. The molecule has 5 heteroatoms. The highest BCUT2D eigenvalue weighted by atomic mass is 19.4. The van der Waals surface area contributed by atoms with Gasteiger partial charge in [0.1, 0.15) is 15.7 Å². The summed E-state index contributed by atoms with van der Waals surface area (Å²) in [6, 6.07) is 2.74. The molecule has 2 unspecified atom stereocenters. The molecule has 0 spiro atoms. The fourth-order valence-electron chi connectivity index (χ4n) is 4.16. The molecule has 152 valence electrons. The first kappa shape index (κ1) is 24.2. The zero-order chi connectivity index (χ0) is 21.0. The molecule has 27 heavy (non-hydrogen) atoms. The van der Waals surface area contributed by atoms with E-state index in [1.165, 1.54) is 37.8 Å². The van der Waals surface area contributed by atoms with Crippen molar-refractivity contribution in [3.63, 3.8) is 0 Å². The number of hydrogen-bond donors (Lipinski definition) is 0. The van der Waals surface area contributed by atoms with Crippen molar-refractivity contribution in [3.05, 3.63) is 28.8 Å². The van der Waals surface area contributed by atoms with Gasteiger partial charge in [-0.3, -0.25) is 0 Å². The molecule has 0 fully saturated rings. The molecule has 0 radical (unpaired) electrons. The second-order valence-corrected chi connectivity index (χ2v) is 9.54. The molecule has 1 aromatic carbocycles. The van der Waals surface area contributed by atoms with Gasteiger partial charge in [-0.25, -0.2) is 0 Å². The summed E-state index contributed by atoms with van der Waals surface area (Å²) in [6.07, 6.45) is 2.73. The Hall–Kier alpha value is -0.860. The molecule has 1 aromatic rings. The third kappa shape index (κ3) is 6.06. The zero-order valence-corrected chi connectivity index (χ0v) is 18.6. The molecule has 0 aliphatic carbocycles. The van der Waals surface area contributed by atoms with E-state index in [0.717, 1.165) is 29.4 Å². The van der Waals surface area contributed by atoms with Gasteiger partial charge in [0.2, 0.25) is 0 Å². The molecule has 0 saturated heterocycles. The van der Waals surface area contributed by atoms with Crippen molar-refractivity contribution in [3.8, 4) is 0 Å². The van der Waals surface area contributed by atoms with Crippen LogP contribution in [0.25, 0.3) is 0 Å². The maximum Gasteiger partial charge on any atom is 0.416 e. The van der Waals surface area contributed by atoms with Crippen LogP contribution in [-0.4, -0.2) is 15.7 Å². The number of halogens is 3. The topological polar surface area (TPSA) is 0 Å². The number of benzene rings is 1. The second-order valence-electron chi connectivity index (χ2n) is 9.54. The molecule has 0 aliphatic rings. The lowest BCUT2D eigenvalue weighted by atomic mass is 9.56. The van der Waals surface area contributed by atoms with Gasteiger partial charge in [-0.1, -0.05) is 90.7 Å². The lowest BCUT2D eigenvalue weighted by molar-refractivity contribution is -0.137. The Morgan fingerprint density at radius 2 is 1.56 bits per heavy atom. The first-order valence-corrected chi connectivity index (χ1v) is 10.5. The molecule has 0 saturated carbocycles. The standard InChI is InChI=1S/C22H37B2F3/c1-7-9-10-11-12-21(6,8-2)19(24)18-16(20(3,4)5)13-15(14-17(18)23)22(25,26)27/h13-14,19H,7-12,23-24H2,1-6H3. The molecule has 0 nitrogen and oxygen atoms in total. The summed E-state index contributed by atoms with van der Waals surface area (Å²) < 4.78 is 40.2. The van der Waals surface area contributed by atoms with Crippen molar-refractivity contribution in [2.24, 2.45) is 5.41 Å². The SMILES string of the molecule is Bc1cc(C(F)(F)F)cc(C(C)(C)C)c1C(B)C(C)(CC)CCCCCC. The van der Waals surface area contributed by atoms with Crippen LogP contribution in [-0.2, 0) is 11.6 Å². The van der Waals surface area contributed by atoms with Gasteiger partial charge in [0.05, 0.1) is 5.56 Å². The maximum atomic E-state index is 13.4. The van der Waals surface area contributed by atoms with Gasteiger partial charge in [-0.05, 0) is 34.7 Å². The molecular formula is C22H37B2F3. The highest BCUT2D eigenvalue weighted by Crippen LogP contribution is 2.44. The summed E-state index contributed by atoms with van der Waals surface area (Å²) in [7, 11) is 4.07. The lowest BCUT2D eigenvalue weighted by Gasteiger charge is -2.40. The Bertz CT molecular complexity index is 617. The molecule has 0 bridgehead atoms. The molecule has 0 amide bonds. The summed E-state index contributed by atoms with van der Waals surface area (Å²) >= 11 is 0. The van der Waals surface area contributed by atoms with Gasteiger partial charge in [0.25, 0.3) is 0 Å². The normalized spacial score (nSPS) is 16.2. The summed E-state index contributed by atoms with van der Waals surface area (Å²) in [5.74, 6) is 0.223. The van der Waals surface area contributed by atoms with Crippen molar-refractivity contribution < 1.29 is 13.2 Å². The van der Waals surface area contributed by atoms with Crippen molar-refractivity contribution >= 4 is 21.2 Å². The van der Waals surface area contributed by atoms with E-state index in [9.17, 15) is 13.2 Å². The Morgan fingerprint density at radius 1 is 0.963 bits per heavy atom. The highest BCUT2D eigenvalue weighted by molar-refractivity contribution is 6.34. The van der Waals surface area contributed by atoms with E-state index in [0.29, 0.717) is 0 Å². The fourth-order valence-corrected chi connectivity index (χ4v) is 4.16. The van der Waals surface area contributed by atoms with Gasteiger partial charge < -0.3 is 0 Å². The number of rotatable bonds is 8. The second kappa shape index (κ2) is 9.09. The van der Waals surface area contributed by atoms with Crippen molar-refractivity contribution in [1.82, 2.24) is 0 Å². The molecule has 0 aliphatic heterocycles. The monoisotopic (exact) mass is 380 g/mol. The first-order chi connectivity index (χ1) is 12.3. The molecule has 0 aromatic heterocycles. The first-order valence-electron chi connectivity index (χ1n) is 10.5. The number of alkyl halides is 3. The van der Waals surface area contributed by atoms with Gasteiger partial charge >= 0.3 is 6.18 Å². The van der Waals surface area contributed by atoms with Crippen molar-refractivity contribution in [1.29, 1.82) is 0 Å². The number of unbranched alkanes of at least 4 members (excludes halogenated alkanes) is 3. The Morgan fingerprint density at radius 3 is 2.00 bits per heavy atom. The highest BCUT2D eigenvalue weighted by Gasteiger charge is 2.37. The summed E-state index contributed by atoms with van der Waals surface area (Å²) in [5.41, 5.74) is 1.98. The van der Waals surface area contributed by atoms with Crippen LogP contribution in [0.15, 0.2) is 12.1 Å². The van der Waals surface area contributed by atoms with Crippen LogP contribution in [0.5, 0.6) is 0 Å². The average Bonchev–Trinajstić information content (AvgIpc) is 2.55. The van der Waals surface area contributed by atoms with Gasteiger partial charge in [0.15, 0.2) is 0 Å². The van der Waals surface area contributed by atoms with Crippen molar-refractivity contribution in [2.45, 2.75) is 97.5 Å². The Balaban J connectivity index is 3.41. The van der Waals surface area contributed by atoms with Crippen LogP contribution in [0.2, 0.25) is 0 Å². The minimum Gasteiger partial charge on any atom is -0.166 e. The summed E-state index contributed by atoms with van der Waals surface area (Å²) in [5, 5.41) is 0. The predicted octanol–water partition coefficient (Wildman–Crippen LogP) is 5.32. The number of hydrogen-bond acceptors (Lipinski definition) is 0. The van der Waals surface area contributed by atoms with Crippen LogP contribution in [0.3, 0.4) is 0 Å². The van der Waals surface area contributed by atoms with Crippen LogP contribution >= 0.6 is 0 Å². The molecule has 0 heterocycles. The summed E-state index contributed by atoms with van der Waals surface area (Å²) in [6.45, 7) is 12.8. The quantitative estimate of drug-likeness (QED) is 0.423. The Kier molecular flexibility index (Phi) is 8.14. The van der Waals surface area contributed by atoms with E-state index < -0.39 is 11.7 Å². The molecule has 2 atom stereocenters. The maximum absolute atomic E-state index is 13.4. The smallest absolute Gasteiger partial charge is 0.166 e. The van der Waals surface area contributed by atoms with E-state index in [-0.39, 0.29) is 16.6 Å². The third-order valence-electron chi connectivity index (χ3n) is 6.41. The van der Waals surface area contributed by atoms with Crippen LogP contribution in [0.1, 0.15) is 103 Å². The minimum atomic E-state index is -4.30. The van der Waals surface area contributed by atoms with Gasteiger partial charge in [-0.15, -0.1) is 0 Å². The predicted molar refractivity (Wildman–Crippen MR) is 117 cm³/mol. The van der Waals surface area contributed by atoms with E-state index in [2.05, 4.69) is 28.6 Å². The van der Waals surface area contributed by atoms with Crippen LogP contribution < -0.4 is 5.46 Å². The van der Waals surface area contributed by atoms with Crippen LogP contribution in [0, 0.1) is 5.41 Å². The van der Waals surface area contributed by atoms with E-state index in [1.807, 2.05) is 28.6 Å². The summed E-state index contributed by atoms with van der Waals surface area (Å²) in [4.78, 5) is 0. The molecule has 1 rings (SSSR count). The largest absolute Gasteiger partial charge is 0.416 e.